The Kier molecular flexibility index (Phi) is 3.42. The second kappa shape index (κ2) is 4.60. The average molecular weight is 197 g/mol. The minimum absolute atomic E-state index is 0.499. The van der Waals surface area contributed by atoms with Crippen LogP contribution in [0.15, 0.2) is 0 Å². The van der Waals surface area contributed by atoms with E-state index >= 15 is 0 Å². The van der Waals surface area contributed by atoms with Crippen molar-refractivity contribution in [1.82, 2.24) is 10.2 Å². The van der Waals surface area contributed by atoms with Gasteiger partial charge in [0.2, 0.25) is 0 Å². The number of nitrogens with zero attached hydrogens (tertiary/aromatic N) is 1. The van der Waals surface area contributed by atoms with Crippen LogP contribution < -0.4 is 11.1 Å². The number of hydrogen-bond acceptors (Lipinski definition) is 3. The molecule has 0 aromatic rings. The van der Waals surface area contributed by atoms with Crippen LogP contribution in [0.3, 0.4) is 0 Å². The van der Waals surface area contributed by atoms with Gasteiger partial charge in [0, 0.05) is 12.1 Å². The maximum Gasteiger partial charge on any atom is 0.00915 e. The zero-order valence-corrected chi connectivity index (χ0v) is 9.21. The highest BCUT2D eigenvalue weighted by molar-refractivity contribution is 4.85. The van der Waals surface area contributed by atoms with Gasteiger partial charge in [-0.15, -0.1) is 0 Å². The molecule has 1 aliphatic heterocycles. The summed E-state index contributed by atoms with van der Waals surface area (Å²) in [5, 5.41) is 3.68. The minimum Gasteiger partial charge on any atom is -0.328 e. The summed E-state index contributed by atoms with van der Waals surface area (Å²) >= 11 is 0. The predicted octanol–water partition coefficient (Wildman–Crippen LogP) is 0.408. The van der Waals surface area contributed by atoms with Crippen LogP contribution >= 0.6 is 0 Å². The van der Waals surface area contributed by atoms with Gasteiger partial charge in [0.05, 0.1) is 0 Å². The highest BCUT2D eigenvalue weighted by atomic mass is 15.1. The Bertz CT molecular complexity index is 169. The van der Waals surface area contributed by atoms with Gasteiger partial charge in [-0.3, -0.25) is 0 Å². The lowest BCUT2D eigenvalue weighted by atomic mass is 9.81. The first-order valence-corrected chi connectivity index (χ1v) is 5.91. The fourth-order valence-corrected chi connectivity index (χ4v) is 2.50. The summed E-state index contributed by atoms with van der Waals surface area (Å²) < 4.78 is 0. The van der Waals surface area contributed by atoms with Gasteiger partial charge in [-0.05, 0) is 58.3 Å². The van der Waals surface area contributed by atoms with Crippen LogP contribution in [-0.4, -0.2) is 43.7 Å². The lowest BCUT2D eigenvalue weighted by Crippen LogP contribution is -2.46. The fourth-order valence-electron chi connectivity index (χ4n) is 2.50. The summed E-state index contributed by atoms with van der Waals surface area (Å²) in [4.78, 5) is 2.41. The Hall–Kier alpha value is -0.120. The molecule has 3 heteroatoms. The van der Waals surface area contributed by atoms with E-state index in [0.29, 0.717) is 6.04 Å². The van der Waals surface area contributed by atoms with Gasteiger partial charge >= 0.3 is 0 Å². The standard InChI is InChI=1S/C11H23N3/c1-14-4-2-11(3-5-14)13-8-9-6-10(12)7-9/h9-11,13H,2-8,12H2,1H3. The summed E-state index contributed by atoms with van der Waals surface area (Å²) in [6.45, 7) is 3.70. The third-order valence-corrected chi connectivity index (χ3v) is 3.69. The van der Waals surface area contributed by atoms with Gasteiger partial charge in [-0.2, -0.15) is 0 Å². The highest BCUT2D eigenvalue weighted by Gasteiger charge is 2.26. The SMILES string of the molecule is CN1CCC(NCC2CC(N)C2)CC1. The number of likely N-dealkylation sites (tertiary alicyclic amines) is 1. The van der Waals surface area contributed by atoms with E-state index in [2.05, 4.69) is 17.3 Å². The fraction of sp³-hybridized carbons (Fsp3) is 1.00. The molecule has 82 valence electrons. The van der Waals surface area contributed by atoms with Crippen molar-refractivity contribution in [2.45, 2.75) is 37.8 Å². The van der Waals surface area contributed by atoms with Gasteiger partial charge in [0.15, 0.2) is 0 Å². The van der Waals surface area contributed by atoms with E-state index in [1.54, 1.807) is 0 Å². The van der Waals surface area contributed by atoms with Gasteiger partial charge in [0.1, 0.15) is 0 Å². The molecule has 3 N–H and O–H groups in total. The molecule has 1 saturated heterocycles. The van der Waals surface area contributed by atoms with Crippen molar-refractivity contribution in [1.29, 1.82) is 0 Å². The van der Waals surface area contributed by atoms with E-state index in [9.17, 15) is 0 Å². The Labute approximate surface area is 87.0 Å². The van der Waals surface area contributed by atoms with Crippen LogP contribution in [0.25, 0.3) is 0 Å². The molecule has 14 heavy (non-hydrogen) atoms. The van der Waals surface area contributed by atoms with Crippen LogP contribution in [0.5, 0.6) is 0 Å². The number of rotatable bonds is 3. The highest BCUT2D eigenvalue weighted by Crippen LogP contribution is 2.24. The lowest BCUT2D eigenvalue weighted by Gasteiger charge is -2.35. The van der Waals surface area contributed by atoms with Gasteiger partial charge in [-0.25, -0.2) is 0 Å². The van der Waals surface area contributed by atoms with Crippen molar-refractivity contribution < 1.29 is 0 Å². The number of nitrogens with two attached hydrogens (primary N) is 1. The van der Waals surface area contributed by atoms with E-state index in [1.807, 2.05) is 0 Å². The quantitative estimate of drug-likeness (QED) is 0.688. The molecule has 1 aliphatic carbocycles. The zero-order valence-electron chi connectivity index (χ0n) is 9.21. The summed E-state index contributed by atoms with van der Waals surface area (Å²) in [6.07, 6.45) is 5.10. The van der Waals surface area contributed by atoms with Crippen molar-refractivity contribution in [2.24, 2.45) is 11.7 Å². The molecule has 2 fully saturated rings. The first kappa shape index (κ1) is 10.4. The Morgan fingerprint density at radius 2 is 1.93 bits per heavy atom. The summed E-state index contributed by atoms with van der Waals surface area (Å²) in [5.74, 6) is 0.865. The van der Waals surface area contributed by atoms with E-state index in [0.717, 1.165) is 12.0 Å². The summed E-state index contributed by atoms with van der Waals surface area (Å²) in [7, 11) is 2.21. The van der Waals surface area contributed by atoms with Gasteiger partial charge in [0.25, 0.3) is 0 Å². The van der Waals surface area contributed by atoms with Crippen LogP contribution in [0, 0.1) is 5.92 Å². The molecule has 1 heterocycles. The number of nitrogens with one attached hydrogen (secondary N) is 1. The molecule has 0 unspecified atom stereocenters. The maximum absolute atomic E-state index is 5.76. The van der Waals surface area contributed by atoms with Crippen molar-refractivity contribution in [3.8, 4) is 0 Å². The van der Waals surface area contributed by atoms with Crippen LogP contribution in [0.4, 0.5) is 0 Å². The Morgan fingerprint density at radius 1 is 1.29 bits per heavy atom. The molecule has 2 aliphatic rings. The normalized spacial score (nSPS) is 35.6. The third kappa shape index (κ3) is 2.69. The maximum atomic E-state index is 5.76. The number of piperidine rings is 1. The monoisotopic (exact) mass is 197 g/mol. The van der Waals surface area contributed by atoms with Crippen molar-refractivity contribution in [2.75, 3.05) is 26.7 Å². The van der Waals surface area contributed by atoms with Crippen LogP contribution in [-0.2, 0) is 0 Å². The minimum atomic E-state index is 0.499. The van der Waals surface area contributed by atoms with Gasteiger partial charge in [-0.1, -0.05) is 0 Å². The molecule has 0 atom stereocenters. The molecule has 2 rings (SSSR count). The molecule has 1 saturated carbocycles. The van der Waals surface area contributed by atoms with E-state index < -0.39 is 0 Å². The van der Waals surface area contributed by atoms with Crippen LogP contribution in [0.1, 0.15) is 25.7 Å². The second-order valence-corrected chi connectivity index (χ2v) is 5.08. The first-order chi connectivity index (χ1) is 6.74. The third-order valence-electron chi connectivity index (χ3n) is 3.69. The molecular weight excluding hydrogens is 174 g/mol. The molecule has 0 amide bonds. The predicted molar refractivity (Wildman–Crippen MR) is 59.2 cm³/mol. The second-order valence-electron chi connectivity index (χ2n) is 5.08. The number of hydrogen-bond donors (Lipinski definition) is 2. The van der Waals surface area contributed by atoms with Gasteiger partial charge < -0.3 is 16.0 Å². The largest absolute Gasteiger partial charge is 0.328 e. The van der Waals surface area contributed by atoms with E-state index in [4.69, 9.17) is 5.73 Å². The summed E-state index contributed by atoms with van der Waals surface area (Å²) in [5.41, 5.74) is 5.76. The first-order valence-electron chi connectivity index (χ1n) is 5.91. The smallest absolute Gasteiger partial charge is 0.00915 e. The molecule has 0 spiro atoms. The Morgan fingerprint density at radius 3 is 2.50 bits per heavy atom. The molecule has 0 aromatic carbocycles. The molecule has 0 bridgehead atoms. The topological polar surface area (TPSA) is 41.3 Å². The lowest BCUT2D eigenvalue weighted by molar-refractivity contribution is 0.205. The molecule has 3 nitrogen and oxygen atoms in total. The molecule has 0 radical (unpaired) electrons. The zero-order chi connectivity index (χ0) is 9.97. The van der Waals surface area contributed by atoms with E-state index in [1.165, 1.54) is 45.3 Å². The Balaban J connectivity index is 1.57. The van der Waals surface area contributed by atoms with Crippen molar-refractivity contribution in [3.05, 3.63) is 0 Å². The van der Waals surface area contributed by atoms with Crippen LogP contribution in [0.2, 0.25) is 0 Å². The van der Waals surface area contributed by atoms with E-state index in [-0.39, 0.29) is 0 Å². The summed E-state index contributed by atoms with van der Waals surface area (Å²) in [6, 6.07) is 1.27. The average Bonchev–Trinajstić information content (AvgIpc) is 2.13. The van der Waals surface area contributed by atoms with Crippen molar-refractivity contribution >= 4 is 0 Å². The molecular formula is C11H23N3. The molecule has 0 aromatic heterocycles. The van der Waals surface area contributed by atoms with Crippen molar-refractivity contribution in [3.63, 3.8) is 0 Å².